The summed E-state index contributed by atoms with van der Waals surface area (Å²) in [4.78, 5) is 14.8. The van der Waals surface area contributed by atoms with E-state index in [1.54, 1.807) is 5.38 Å². The van der Waals surface area contributed by atoms with Crippen LogP contribution in [0, 0.1) is 5.92 Å². The van der Waals surface area contributed by atoms with Crippen LogP contribution >= 0.6 is 23.1 Å². The van der Waals surface area contributed by atoms with Gasteiger partial charge in [0.25, 0.3) is 0 Å². The summed E-state index contributed by atoms with van der Waals surface area (Å²) in [6.07, 6.45) is 5.69. The summed E-state index contributed by atoms with van der Waals surface area (Å²) < 4.78 is 0.849. The number of carboxylic acids is 1. The Morgan fingerprint density at radius 3 is 2.95 bits per heavy atom. The number of thiazole rings is 1. The lowest BCUT2D eigenvalue weighted by molar-refractivity contribution is -0.136. The van der Waals surface area contributed by atoms with E-state index in [0.29, 0.717) is 17.4 Å². The number of rotatable bonds is 7. The molecule has 0 radical (unpaired) electrons. The molecule has 0 saturated heterocycles. The van der Waals surface area contributed by atoms with Gasteiger partial charge in [0.2, 0.25) is 0 Å². The molecule has 0 aliphatic heterocycles. The van der Waals surface area contributed by atoms with E-state index in [1.807, 2.05) is 0 Å². The van der Waals surface area contributed by atoms with Gasteiger partial charge in [-0.2, -0.15) is 0 Å². The minimum atomic E-state index is -0.858. The van der Waals surface area contributed by atoms with E-state index >= 15 is 0 Å². The van der Waals surface area contributed by atoms with Crippen molar-refractivity contribution in [3.8, 4) is 0 Å². The molecule has 0 spiro atoms. The molecule has 1 heterocycles. The molecule has 1 aromatic rings. The fourth-order valence-electron chi connectivity index (χ4n) is 2.46. The van der Waals surface area contributed by atoms with Crippen LogP contribution in [0.25, 0.3) is 0 Å². The van der Waals surface area contributed by atoms with Gasteiger partial charge >= 0.3 is 5.97 Å². The Morgan fingerprint density at radius 2 is 2.26 bits per heavy atom. The van der Waals surface area contributed by atoms with Crippen molar-refractivity contribution < 1.29 is 15.0 Å². The Morgan fingerprint density at radius 1 is 1.53 bits per heavy atom. The summed E-state index contributed by atoms with van der Waals surface area (Å²) in [5.41, 5.74) is 0.602. The molecule has 1 aliphatic carbocycles. The molecule has 0 bridgehead atoms. The Labute approximate surface area is 121 Å². The van der Waals surface area contributed by atoms with Crippen LogP contribution in [0.4, 0.5) is 0 Å². The maximum Gasteiger partial charge on any atom is 0.309 e. The molecular weight excluding hydrogens is 282 g/mol. The van der Waals surface area contributed by atoms with Crippen molar-refractivity contribution in [3.63, 3.8) is 0 Å². The average Bonchev–Trinajstić information content (AvgIpc) is 2.97. The summed E-state index contributed by atoms with van der Waals surface area (Å²) in [7, 11) is 0. The van der Waals surface area contributed by atoms with E-state index in [4.69, 9.17) is 5.11 Å². The molecule has 2 rings (SSSR count). The van der Waals surface area contributed by atoms with Gasteiger partial charge in [0.1, 0.15) is 4.34 Å². The highest BCUT2D eigenvalue weighted by atomic mass is 32.2. The lowest BCUT2D eigenvalue weighted by Gasteiger charge is -2.14. The van der Waals surface area contributed by atoms with Crippen LogP contribution in [0.5, 0.6) is 0 Å². The number of carbonyl (C=O) groups is 1. The molecule has 4 nitrogen and oxygen atoms in total. The summed E-state index contributed by atoms with van der Waals surface area (Å²) in [5.74, 6) is 0.480. The van der Waals surface area contributed by atoms with E-state index < -0.39 is 5.97 Å². The first-order chi connectivity index (χ1) is 9.13. The SMILES string of the molecule is O=C(O)Cc1csc(SCC(O)CC2CCCC2)n1. The Bertz CT molecular complexity index is 416. The van der Waals surface area contributed by atoms with Gasteiger partial charge in [0.15, 0.2) is 0 Å². The summed E-state index contributed by atoms with van der Waals surface area (Å²) in [6.45, 7) is 0. The van der Waals surface area contributed by atoms with Crippen molar-refractivity contribution >= 4 is 29.1 Å². The minimum absolute atomic E-state index is 0.0261. The fraction of sp³-hybridized carbons (Fsp3) is 0.692. The third-order valence-electron chi connectivity index (χ3n) is 3.34. The molecule has 1 unspecified atom stereocenters. The van der Waals surface area contributed by atoms with Crippen molar-refractivity contribution in [2.75, 3.05) is 5.75 Å². The molecule has 6 heteroatoms. The van der Waals surface area contributed by atoms with E-state index in [-0.39, 0.29) is 12.5 Å². The number of aromatic nitrogens is 1. The number of hydrogen-bond donors (Lipinski definition) is 2. The van der Waals surface area contributed by atoms with Gasteiger partial charge in [-0.3, -0.25) is 4.79 Å². The van der Waals surface area contributed by atoms with E-state index in [9.17, 15) is 9.90 Å². The van der Waals surface area contributed by atoms with E-state index in [1.165, 1.54) is 48.8 Å². The lowest BCUT2D eigenvalue weighted by atomic mass is 10.0. The van der Waals surface area contributed by atoms with Crippen molar-refractivity contribution in [1.82, 2.24) is 4.98 Å². The topological polar surface area (TPSA) is 70.4 Å². The normalized spacial score (nSPS) is 17.7. The zero-order valence-electron chi connectivity index (χ0n) is 10.7. The zero-order valence-corrected chi connectivity index (χ0v) is 12.4. The molecule has 0 amide bonds. The third kappa shape index (κ3) is 5.12. The highest BCUT2D eigenvalue weighted by Crippen LogP contribution is 2.30. The first kappa shape index (κ1) is 14.8. The average molecular weight is 301 g/mol. The van der Waals surface area contributed by atoms with Crippen molar-refractivity contribution in [3.05, 3.63) is 11.1 Å². The highest BCUT2D eigenvalue weighted by Gasteiger charge is 2.19. The molecule has 19 heavy (non-hydrogen) atoms. The number of aliphatic hydroxyl groups is 1. The zero-order chi connectivity index (χ0) is 13.7. The number of nitrogens with zero attached hydrogens (tertiary/aromatic N) is 1. The van der Waals surface area contributed by atoms with Gasteiger partial charge in [0.05, 0.1) is 18.2 Å². The van der Waals surface area contributed by atoms with Gasteiger partial charge in [-0.05, 0) is 12.3 Å². The maximum absolute atomic E-state index is 10.6. The van der Waals surface area contributed by atoms with Crippen LogP contribution < -0.4 is 0 Å². The summed E-state index contributed by atoms with van der Waals surface area (Å²) in [6, 6.07) is 0. The number of aliphatic carboxylic acids is 1. The minimum Gasteiger partial charge on any atom is -0.481 e. The first-order valence-electron chi connectivity index (χ1n) is 6.60. The number of carboxylic acid groups (broad SMARTS) is 1. The molecule has 106 valence electrons. The van der Waals surface area contributed by atoms with Gasteiger partial charge in [0, 0.05) is 11.1 Å². The fourth-order valence-corrected chi connectivity index (χ4v) is 4.27. The maximum atomic E-state index is 10.6. The molecule has 2 N–H and O–H groups in total. The smallest absolute Gasteiger partial charge is 0.309 e. The summed E-state index contributed by atoms with van der Waals surface area (Å²) in [5, 5.41) is 20.4. The molecular formula is C13H19NO3S2. The van der Waals surface area contributed by atoms with E-state index in [2.05, 4.69) is 4.98 Å². The van der Waals surface area contributed by atoms with Gasteiger partial charge in [-0.15, -0.1) is 11.3 Å². The predicted octanol–water partition coefficient (Wildman–Crippen LogP) is 2.80. The molecule has 1 saturated carbocycles. The van der Waals surface area contributed by atoms with Crippen LogP contribution in [0.2, 0.25) is 0 Å². The monoisotopic (exact) mass is 301 g/mol. The molecule has 1 atom stereocenters. The van der Waals surface area contributed by atoms with Crippen LogP contribution in [-0.2, 0) is 11.2 Å². The lowest BCUT2D eigenvalue weighted by Crippen LogP contribution is -2.14. The van der Waals surface area contributed by atoms with Crippen molar-refractivity contribution in [1.29, 1.82) is 0 Å². The second-order valence-electron chi connectivity index (χ2n) is 5.03. The van der Waals surface area contributed by atoms with Gasteiger partial charge in [-0.25, -0.2) is 4.98 Å². The number of aliphatic hydroxyl groups excluding tert-OH is 1. The Hall–Kier alpha value is -0.590. The van der Waals surface area contributed by atoms with Crippen LogP contribution in [0.3, 0.4) is 0 Å². The third-order valence-corrected chi connectivity index (χ3v) is 5.56. The van der Waals surface area contributed by atoms with Gasteiger partial charge < -0.3 is 10.2 Å². The standard InChI is InChI=1S/C13H19NO3S2/c15-11(5-9-3-1-2-4-9)8-19-13-14-10(7-18-13)6-12(16)17/h7,9,11,15H,1-6,8H2,(H,16,17). The summed E-state index contributed by atoms with van der Waals surface area (Å²) >= 11 is 2.98. The van der Waals surface area contributed by atoms with Crippen molar-refractivity contribution in [2.45, 2.75) is 49.0 Å². The number of thioether (sulfide) groups is 1. The highest BCUT2D eigenvalue weighted by molar-refractivity contribution is 8.01. The van der Waals surface area contributed by atoms with Crippen LogP contribution in [0.15, 0.2) is 9.72 Å². The van der Waals surface area contributed by atoms with E-state index in [0.717, 1.165) is 10.8 Å². The first-order valence-corrected chi connectivity index (χ1v) is 8.47. The van der Waals surface area contributed by atoms with Crippen LogP contribution in [-0.4, -0.2) is 33.0 Å². The van der Waals surface area contributed by atoms with Crippen LogP contribution in [0.1, 0.15) is 37.8 Å². The Balaban J connectivity index is 1.71. The molecule has 1 fully saturated rings. The predicted molar refractivity (Wildman–Crippen MR) is 76.8 cm³/mol. The molecule has 1 aromatic heterocycles. The number of hydrogen-bond acceptors (Lipinski definition) is 5. The second kappa shape index (κ2) is 7.26. The Kier molecular flexibility index (Phi) is 5.66. The quantitative estimate of drug-likeness (QED) is 0.758. The molecule has 1 aliphatic rings. The second-order valence-corrected chi connectivity index (χ2v) is 7.15. The largest absolute Gasteiger partial charge is 0.481 e. The van der Waals surface area contributed by atoms with Crippen molar-refractivity contribution in [2.24, 2.45) is 5.92 Å². The van der Waals surface area contributed by atoms with Gasteiger partial charge in [-0.1, -0.05) is 37.4 Å². The molecule has 0 aromatic carbocycles.